The predicted molar refractivity (Wildman–Crippen MR) is 96.1 cm³/mol. The molecule has 25 heavy (non-hydrogen) atoms. The SMILES string of the molecule is COc1cccc(NC(=O)c2cc(-c3cccc(OC)c3)nn2C)c1. The predicted octanol–water partition coefficient (Wildman–Crippen LogP) is 3.36. The zero-order chi connectivity index (χ0) is 17.8. The first-order valence-corrected chi connectivity index (χ1v) is 7.74. The molecule has 0 bridgehead atoms. The largest absolute Gasteiger partial charge is 0.497 e. The number of ether oxygens (including phenoxy) is 2. The number of rotatable bonds is 5. The van der Waals surface area contributed by atoms with Crippen LogP contribution < -0.4 is 14.8 Å². The van der Waals surface area contributed by atoms with Crippen LogP contribution in [-0.4, -0.2) is 29.9 Å². The minimum atomic E-state index is -0.239. The second-order valence-electron chi connectivity index (χ2n) is 5.46. The summed E-state index contributed by atoms with van der Waals surface area (Å²) in [6, 6.07) is 16.5. The van der Waals surface area contributed by atoms with E-state index in [0.717, 1.165) is 11.3 Å². The molecule has 0 fully saturated rings. The van der Waals surface area contributed by atoms with Gasteiger partial charge in [-0.15, -0.1) is 0 Å². The number of anilines is 1. The Labute approximate surface area is 146 Å². The van der Waals surface area contributed by atoms with Crippen molar-refractivity contribution in [3.8, 4) is 22.8 Å². The summed E-state index contributed by atoms with van der Waals surface area (Å²) in [5.74, 6) is 1.18. The lowest BCUT2D eigenvalue weighted by Crippen LogP contribution is -2.16. The number of hydrogen-bond acceptors (Lipinski definition) is 4. The Kier molecular flexibility index (Phi) is 4.70. The van der Waals surface area contributed by atoms with E-state index >= 15 is 0 Å². The molecule has 0 aliphatic carbocycles. The molecule has 1 heterocycles. The monoisotopic (exact) mass is 337 g/mol. The van der Waals surface area contributed by atoms with Gasteiger partial charge in [-0.05, 0) is 30.3 Å². The average molecular weight is 337 g/mol. The fourth-order valence-electron chi connectivity index (χ4n) is 2.50. The Morgan fingerprint density at radius 2 is 1.68 bits per heavy atom. The van der Waals surface area contributed by atoms with E-state index in [-0.39, 0.29) is 5.91 Å². The molecule has 128 valence electrons. The van der Waals surface area contributed by atoms with E-state index < -0.39 is 0 Å². The number of hydrogen-bond donors (Lipinski definition) is 1. The van der Waals surface area contributed by atoms with Gasteiger partial charge in [0.05, 0.1) is 19.9 Å². The number of carbonyl (C=O) groups is 1. The van der Waals surface area contributed by atoms with Crippen molar-refractivity contribution in [1.82, 2.24) is 9.78 Å². The third-order valence-corrected chi connectivity index (χ3v) is 3.81. The van der Waals surface area contributed by atoms with Crippen molar-refractivity contribution in [1.29, 1.82) is 0 Å². The minimum Gasteiger partial charge on any atom is -0.497 e. The lowest BCUT2D eigenvalue weighted by atomic mass is 10.1. The number of carbonyl (C=O) groups excluding carboxylic acids is 1. The highest BCUT2D eigenvalue weighted by Crippen LogP contribution is 2.24. The van der Waals surface area contributed by atoms with E-state index in [1.165, 1.54) is 0 Å². The van der Waals surface area contributed by atoms with Crippen molar-refractivity contribution in [3.63, 3.8) is 0 Å². The molecule has 0 saturated carbocycles. The average Bonchev–Trinajstić information content (AvgIpc) is 3.04. The number of benzene rings is 2. The maximum absolute atomic E-state index is 12.6. The van der Waals surface area contributed by atoms with Crippen molar-refractivity contribution in [2.45, 2.75) is 0 Å². The van der Waals surface area contributed by atoms with E-state index in [2.05, 4.69) is 10.4 Å². The zero-order valence-corrected chi connectivity index (χ0v) is 14.3. The van der Waals surface area contributed by atoms with Crippen LogP contribution in [0.25, 0.3) is 11.3 Å². The van der Waals surface area contributed by atoms with E-state index in [1.54, 1.807) is 44.1 Å². The molecule has 2 aromatic carbocycles. The second-order valence-corrected chi connectivity index (χ2v) is 5.46. The molecule has 0 unspecified atom stereocenters. The smallest absolute Gasteiger partial charge is 0.273 e. The van der Waals surface area contributed by atoms with Gasteiger partial charge in [0.2, 0.25) is 0 Å². The van der Waals surface area contributed by atoms with Crippen molar-refractivity contribution in [2.24, 2.45) is 7.05 Å². The van der Waals surface area contributed by atoms with Gasteiger partial charge in [0.15, 0.2) is 0 Å². The molecule has 1 aromatic heterocycles. The quantitative estimate of drug-likeness (QED) is 0.775. The zero-order valence-electron chi connectivity index (χ0n) is 14.3. The molecule has 6 nitrogen and oxygen atoms in total. The molecule has 3 aromatic rings. The highest BCUT2D eigenvalue weighted by molar-refractivity contribution is 6.03. The van der Waals surface area contributed by atoms with Crippen molar-refractivity contribution in [2.75, 3.05) is 19.5 Å². The van der Waals surface area contributed by atoms with Gasteiger partial charge < -0.3 is 14.8 Å². The van der Waals surface area contributed by atoms with Gasteiger partial charge in [-0.3, -0.25) is 9.48 Å². The third kappa shape index (κ3) is 3.63. The minimum absolute atomic E-state index is 0.239. The van der Waals surface area contributed by atoms with Gasteiger partial charge in [0.25, 0.3) is 5.91 Å². The molecule has 0 saturated heterocycles. The number of nitrogens with zero attached hydrogens (tertiary/aromatic N) is 2. The van der Waals surface area contributed by atoms with E-state index in [1.807, 2.05) is 36.4 Å². The molecule has 1 N–H and O–H groups in total. The van der Waals surface area contributed by atoms with Crippen LogP contribution in [0.4, 0.5) is 5.69 Å². The lowest BCUT2D eigenvalue weighted by molar-refractivity contribution is 0.101. The van der Waals surface area contributed by atoms with Gasteiger partial charge in [-0.1, -0.05) is 18.2 Å². The Morgan fingerprint density at radius 3 is 2.40 bits per heavy atom. The molecule has 0 aliphatic rings. The molecule has 0 atom stereocenters. The molecule has 3 rings (SSSR count). The molecule has 6 heteroatoms. The Morgan fingerprint density at radius 1 is 1.00 bits per heavy atom. The van der Waals surface area contributed by atoms with Crippen LogP contribution in [0.1, 0.15) is 10.5 Å². The first-order valence-electron chi connectivity index (χ1n) is 7.74. The summed E-state index contributed by atoms with van der Waals surface area (Å²) in [5, 5.41) is 7.28. The lowest BCUT2D eigenvalue weighted by Gasteiger charge is -2.06. The van der Waals surface area contributed by atoms with Crippen LogP contribution in [0.5, 0.6) is 11.5 Å². The fourth-order valence-corrected chi connectivity index (χ4v) is 2.50. The Hall–Kier alpha value is -3.28. The van der Waals surface area contributed by atoms with Gasteiger partial charge in [-0.2, -0.15) is 5.10 Å². The number of amides is 1. The van der Waals surface area contributed by atoms with Crippen molar-refractivity contribution < 1.29 is 14.3 Å². The van der Waals surface area contributed by atoms with Crippen LogP contribution in [0.3, 0.4) is 0 Å². The molecule has 0 spiro atoms. The number of aromatic nitrogens is 2. The summed E-state index contributed by atoms with van der Waals surface area (Å²) in [6.45, 7) is 0. The van der Waals surface area contributed by atoms with Gasteiger partial charge in [0, 0.05) is 24.4 Å². The molecule has 0 aliphatic heterocycles. The standard InChI is InChI=1S/C19H19N3O3/c1-22-18(19(23)20-14-7-5-9-16(11-14)25-3)12-17(21-22)13-6-4-8-15(10-13)24-2/h4-12H,1-3H3,(H,20,23). The van der Waals surface area contributed by atoms with Gasteiger partial charge in [0.1, 0.15) is 17.2 Å². The Bertz CT molecular complexity index is 902. The summed E-state index contributed by atoms with van der Waals surface area (Å²) in [7, 11) is 4.94. The highest BCUT2D eigenvalue weighted by atomic mass is 16.5. The van der Waals surface area contributed by atoms with E-state index in [4.69, 9.17) is 9.47 Å². The van der Waals surface area contributed by atoms with Gasteiger partial charge in [-0.25, -0.2) is 0 Å². The third-order valence-electron chi connectivity index (χ3n) is 3.81. The number of aryl methyl sites for hydroxylation is 1. The Balaban J connectivity index is 1.85. The first-order chi connectivity index (χ1) is 12.1. The topological polar surface area (TPSA) is 65.4 Å². The van der Waals surface area contributed by atoms with Crippen LogP contribution in [-0.2, 0) is 7.05 Å². The molecular weight excluding hydrogens is 318 g/mol. The van der Waals surface area contributed by atoms with Crippen LogP contribution in [0, 0.1) is 0 Å². The number of nitrogens with one attached hydrogen (secondary N) is 1. The summed E-state index contributed by atoms with van der Waals surface area (Å²) in [6.07, 6.45) is 0. The number of methoxy groups -OCH3 is 2. The normalized spacial score (nSPS) is 10.4. The molecule has 1 amide bonds. The fraction of sp³-hybridized carbons (Fsp3) is 0.158. The first kappa shape index (κ1) is 16.6. The highest BCUT2D eigenvalue weighted by Gasteiger charge is 2.15. The van der Waals surface area contributed by atoms with Crippen LogP contribution in [0.2, 0.25) is 0 Å². The van der Waals surface area contributed by atoms with Crippen LogP contribution >= 0.6 is 0 Å². The molecular formula is C19H19N3O3. The van der Waals surface area contributed by atoms with Crippen molar-refractivity contribution >= 4 is 11.6 Å². The maximum Gasteiger partial charge on any atom is 0.273 e. The van der Waals surface area contributed by atoms with Gasteiger partial charge >= 0.3 is 0 Å². The second kappa shape index (κ2) is 7.09. The van der Waals surface area contributed by atoms with E-state index in [9.17, 15) is 4.79 Å². The van der Waals surface area contributed by atoms with Crippen molar-refractivity contribution in [3.05, 3.63) is 60.3 Å². The summed E-state index contributed by atoms with van der Waals surface area (Å²) >= 11 is 0. The summed E-state index contributed by atoms with van der Waals surface area (Å²) in [5.41, 5.74) is 2.71. The molecule has 0 radical (unpaired) electrons. The maximum atomic E-state index is 12.6. The summed E-state index contributed by atoms with van der Waals surface area (Å²) < 4.78 is 12.0. The summed E-state index contributed by atoms with van der Waals surface area (Å²) in [4.78, 5) is 12.6. The van der Waals surface area contributed by atoms with E-state index in [0.29, 0.717) is 22.8 Å². The van der Waals surface area contributed by atoms with Crippen LogP contribution in [0.15, 0.2) is 54.6 Å².